The Balaban J connectivity index is 2.06. The molecule has 2 aromatic rings. The minimum absolute atomic E-state index is 0.0667. The van der Waals surface area contributed by atoms with Gasteiger partial charge in [0.2, 0.25) is 0 Å². The highest BCUT2D eigenvalue weighted by Gasteiger charge is 2.16. The van der Waals surface area contributed by atoms with Gasteiger partial charge in [0.25, 0.3) is 5.91 Å². The van der Waals surface area contributed by atoms with Gasteiger partial charge < -0.3 is 19.9 Å². The molecule has 0 heterocycles. The predicted octanol–water partition coefficient (Wildman–Crippen LogP) is 2.48. The number of rotatable bonds is 8. The molecule has 0 aliphatic carbocycles. The molecule has 5 heteroatoms. The Morgan fingerprint density at radius 2 is 1.88 bits per heavy atom. The summed E-state index contributed by atoms with van der Waals surface area (Å²) in [6.07, 6.45) is -0.323. The monoisotopic (exact) mass is 329 g/mol. The van der Waals surface area contributed by atoms with Crippen molar-refractivity contribution in [1.82, 2.24) is 5.32 Å². The summed E-state index contributed by atoms with van der Waals surface area (Å²) >= 11 is 0. The summed E-state index contributed by atoms with van der Waals surface area (Å²) in [4.78, 5) is 12.4. The first kappa shape index (κ1) is 18.0. The van der Waals surface area contributed by atoms with E-state index in [1.54, 1.807) is 18.2 Å². The number of ether oxygens (including phenoxy) is 2. The van der Waals surface area contributed by atoms with Crippen LogP contribution in [0.1, 0.15) is 27.6 Å². The fourth-order valence-electron chi connectivity index (χ4n) is 2.36. The van der Waals surface area contributed by atoms with Gasteiger partial charge in [-0.1, -0.05) is 42.0 Å². The molecule has 0 saturated heterocycles. The van der Waals surface area contributed by atoms with Gasteiger partial charge in [0.05, 0.1) is 32.0 Å². The zero-order chi connectivity index (χ0) is 17.4. The third-order valence-corrected chi connectivity index (χ3v) is 3.66. The van der Waals surface area contributed by atoms with Gasteiger partial charge in [-0.25, -0.2) is 0 Å². The summed E-state index contributed by atoms with van der Waals surface area (Å²) in [5.74, 6) is 0.301. The third kappa shape index (κ3) is 4.81. The molecule has 0 bridgehead atoms. The normalized spacial score (nSPS) is 11.8. The van der Waals surface area contributed by atoms with Crippen molar-refractivity contribution in [2.75, 3.05) is 26.9 Å². The van der Waals surface area contributed by atoms with E-state index in [9.17, 15) is 4.79 Å². The first-order valence-corrected chi connectivity index (χ1v) is 7.86. The summed E-state index contributed by atoms with van der Waals surface area (Å²) in [6.45, 7) is 2.46. The van der Waals surface area contributed by atoms with Crippen molar-refractivity contribution >= 4 is 5.91 Å². The van der Waals surface area contributed by atoms with Crippen molar-refractivity contribution in [2.45, 2.75) is 13.0 Å². The lowest BCUT2D eigenvalue weighted by atomic mass is 10.1. The quantitative estimate of drug-likeness (QED) is 0.781. The molecule has 0 fully saturated rings. The number of carbonyl (C=O) groups is 1. The molecule has 0 saturated carbocycles. The molecule has 1 atom stereocenters. The van der Waals surface area contributed by atoms with Crippen LogP contribution in [0.2, 0.25) is 0 Å². The second-order valence-electron chi connectivity index (χ2n) is 5.40. The summed E-state index contributed by atoms with van der Waals surface area (Å²) in [5, 5.41) is 11.9. The van der Waals surface area contributed by atoms with Gasteiger partial charge in [0.1, 0.15) is 5.75 Å². The van der Waals surface area contributed by atoms with Gasteiger partial charge in [0.15, 0.2) is 0 Å². The second-order valence-corrected chi connectivity index (χ2v) is 5.40. The molecule has 2 N–H and O–H groups in total. The Kier molecular flexibility index (Phi) is 6.78. The fourth-order valence-corrected chi connectivity index (χ4v) is 2.36. The highest BCUT2D eigenvalue weighted by molar-refractivity contribution is 5.96. The standard InChI is InChI=1S/C19H23NO4/c1-14-7-9-15(10-8-14)18(24-12-11-21)13-20-19(22)16-5-3-4-6-17(16)23-2/h3-10,18,21H,11-13H2,1-2H3,(H,20,22)/t18-/m1/s1. The number of amides is 1. The number of para-hydroxylation sites is 1. The van der Waals surface area contributed by atoms with Gasteiger partial charge in [0, 0.05) is 6.54 Å². The maximum Gasteiger partial charge on any atom is 0.255 e. The van der Waals surface area contributed by atoms with Gasteiger partial charge in [-0.05, 0) is 24.6 Å². The van der Waals surface area contributed by atoms with Crippen LogP contribution in [0.4, 0.5) is 0 Å². The van der Waals surface area contributed by atoms with Gasteiger partial charge in [-0.3, -0.25) is 4.79 Å². The van der Waals surface area contributed by atoms with E-state index in [0.717, 1.165) is 11.1 Å². The summed E-state index contributed by atoms with van der Waals surface area (Å²) < 4.78 is 10.9. The Morgan fingerprint density at radius 3 is 2.54 bits per heavy atom. The molecule has 0 spiro atoms. The first-order valence-electron chi connectivity index (χ1n) is 7.86. The van der Waals surface area contributed by atoms with E-state index in [4.69, 9.17) is 14.6 Å². The minimum Gasteiger partial charge on any atom is -0.496 e. The van der Waals surface area contributed by atoms with Crippen LogP contribution in [0, 0.1) is 6.92 Å². The zero-order valence-corrected chi connectivity index (χ0v) is 14.0. The highest BCUT2D eigenvalue weighted by Crippen LogP contribution is 2.19. The van der Waals surface area contributed by atoms with Crippen molar-refractivity contribution in [3.63, 3.8) is 0 Å². The molecular formula is C19H23NO4. The van der Waals surface area contributed by atoms with Gasteiger partial charge >= 0.3 is 0 Å². The SMILES string of the molecule is COc1ccccc1C(=O)NC[C@@H](OCCO)c1ccc(C)cc1. The molecule has 0 unspecified atom stereocenters. The van der Waals surface area contributed by atoms with Crippen molar-refractivity contribution in [3.05, 3.63) is 65.2 Å². The molecule has 2 aromatic carbocycles. The number of nitrogens with one attached hydrogen (secondary N) is 1. The summed E-state index contributed by atoms with van der Waals surface area (Å²) in [5.41, 5.74) is 2.58. The number of aliphatic hydroxyl groups excluding tert-OH is 1. The molecule has 0 radical (unpaired) electrons. The molecule has 2 rings (SSSR count). The number of aryl methyl sites for hydroxylation is 1. The average molecular weight is 329 g/mol. The maximum absolute atomic E-state index is 12.4. The molecule has 24 heavy (non-hydrogen) atoms. The molecule has 0 aromatic heterocycles. The smallest absolute Gasteiger partial charge is 0.255 e. The van der Waals surface area contributed by atoms with Crippen LogP contribution in [0.15, 0.2) is 48.5 Å². The Hall–Kier alpha value is -2.37. The summed E-state index contributed by atoms with van der Waals surface area (Å²) in [6, 6.07) is 15.0. The van der Waals surface area contributed by atoms with Crippen molar-refractivity contribution in [2.24, 2.45) is 0 Å². The molecule has 128 valence electrons. The van der Waals surface area contributed by atoms with Crippen LogP contribution in [0.3, 0.4) is 0 Å². The Morgan fingerprint density at radius 1 is 1.17 bits per heavy atom. The van der Waals surface area contributed by atoms with Crippen molar-refractivity contribution < 1.29 is 19.4 Å². The fraction of sp³-hybridized carbons (Fsp3) is 0.316. The van der Waals surface area contributed by atoms with Crippen LogP contribution in [0.5, 0.6) is 5.75 Å². The van der Waals surface area contributed by atoms with E-state index >= 15 is 0 Å². The molecule has 1 amide bonds. The number of hydrogen-bond donors (Lipinski definition) is 2. The molecule has 0 aliphatic heterocycles. The number of carbonyl (C=O) groups excluding carboxylic acids is 1. The van der Waals surface area contributed by atoms with Gasteiger partial charge in [-0.2, -0.15) is 0 Å². The number of methoxy groups -OCH3 is 1. The minimum atomic E-state index is -0.323. The van der Waals surface area contributed by atoms with E-state index < -0.39 is 0 Å². The Labute approximate surface area is 142 Å². The van der Waals surface area contributed by atoms with E-state index in [2.05, 4.69) is 5.32 Å². The van der Waals surface area contributed by atoms with E-state index in [0.29, 0.717) is 17.9 Å². The lowest BCUT2D eigenvalue weighted by Gasteiger charge is -2.19. The topological polar surface area (TPSA) is 67.8 Å². The first-order chi connectivity index (χ1) is 11.7. The van der Waals surface area contributed by atoms with Crippen LogP contribution >= 0.6 is 0 Å². The van der Waals surface area contributed by atoms with Gasteiger partial charge in [-0.15, -0.1) is 0 Å². The van der Waals surface area contributed by atoms with E-state index in [-0.39, 0.29) is 25.2 Å². The third-order valence-electron chi connectivity index (χ3n) is 3.66. The lowest BCUT2D eigenvalue weighted by molar-refractivity contribution is 0.0277. The highest BCUT2D eigenvalue weighted by atomic mass is 16.5. The van der Waals surface area contributed by atoms with E-state index in [1.165, 1.54) is 7.11 Å². The molecule has 0 aliphatic rings. The molecular weight excluding hydrogens is 306 g/mol. The second kappa shape index (κ2) is 9.05. The molecule has 5 nitrogen and oxygen atoms in total. The van der Waals surface area contributed by atoms with Crippen LogP contribution in [-0.4, -0.2) is 37.9 Å². The predicted molar refractivity (Wildman–Crippen MR) is 92.3 cm³/mol. The maximum atomic E-state index is 12.4. The van der Waals surface area contributed by atoms with Crippen molar-refractivity contribution in [1.29, 1.82) is 0 Å². The van der Waals surface area contributed by atoms with Crippen LogP contribution < -0.4 is 10.1 Å². The summed E-state index contributed by atoms with van der Waals surface area (Å²) in [7, 11) is 1.53. The largest absolute Gasteiger partial charge is 0.496 e. The van der Waals surface area contributed by atoms with Crippen LogP contribution in [0.25, 0.3) is 0 Å². The zero-order valence-electron chi connectivity index (χ0n) is 14.0. The number of aliphatic hydroxyl groups is 1. The van der Waals surface area contributed by atoms with Crippen molar-refractivity contribution in [3.8, 4) is 5.75 Å². The Bertz CT molecular complexity index is 655. The van der Waals surface area contributed by atoms with E-state index in [1.807, 2.05) is 37.3 Å². The lowest BCUT2D eigenvalue weighted by Crippen LogP contribution is -2.30. The number of hydrogen-bond acceptors (Lipinski definition) is 4. The number of benzene rings is 2. The van der Waals surface area contributed by atoms with Crippen LogP contribution in [-0.2, 0) is 4.74 Å². The average Bonchev–Trinajstić information content (AvgIpc) is 2.62.